The van der Waals surface area contributed by atoms with Crippen LogP contribution in [0, 0.1) is 6.92 Å². The molecule has 1 aromatic carbocycles. The number of rotatable bonds is 4. The van der Waals surface area contributed by atoms with Crippen LogP contribution < -0.4 is 5.14 Å². The molecule has 0 bridgehead atoms. The summed E-state index contributed by atoms with van der Waals surface area (Å²) < 4.78 is 28.9. The van der Waals surface area contributed by atoms with E-state index in [4.69, 9.17) is 9.88 Å². The van der Waals surface area contributed by atoms with Crippen molar-refractivity contribution in [3.05, 3.63) is 41.6 Å². The van der Waals surface area contributed by atoms with Gasteiger partial charge in [-0.15, -0.1) is 0 Å². The number of nitrogens with zero attached hydrogens (tertiary/aromatic N) is 2. The van der Waals surface area contributed by atoms with Crippen LogP contribution in [0.2, 0.25) is 0 Å². The molecular weight excluding hydrogens is 294 g/mol. The Balaban J connectivity index is 2.59. The van der Waals surface area contributed by atoms with Crippen molar-refractivity contribution in [3.63, 3.8) is 0 Å². The van der Waals surface area contributed by atoms with E-state index < -0.39 is 16.0 Å². The summed E-state index contributed by atoms with van der Waals surface area (Å²) in [4.78, 5) is 11.9. The highest BCUT2D eigenvalue weighted by Crippen LogP contribution is 2.17. The maximum absolute atomic E-state index is 11.9. The van der Waals surface area contributed by atoms with E-state index in [-0.39, 0.29) is 17.3 Å². The summed E-state index contributed by atoms with van der Waals surface area (Å²) in [6, 6.07) is 8.19. The van der Waals surface area contributed by atoms with Gasteiger partial charge < -0.3 is 4.74 Å². The molecule has 112 valence electrons. The summed E-state index contributed by atoms with van der Waals surface area (Å²) in [5, 5.41) is 8.56. The monoisotopic (exact) mass is 309 g/mol. The molecule has 0 aliphatic carbocycles. The minimum absolute atomic E-state index is 0.00438. The Labute approximate surface area is 122 Å². The second kappa shape index (κ2) is 5.66. The van der Waals surface area contributed by atoms with Crippen molar-refractivity contribution < 1.29 is 17.9 Å². The fourth-order valence-corrected chi connectivity index (χ4v) is 2.20. The normalized spacial score (nSPS) is 11.4. The number of carbonyl (C=O) groups excluding carboxylic acids is 1. The van der Waals surface area contributed by atoms with Crippen LogP contribution in [0.15, 0.2) is 35.4 Å². The maximum atomic E-state index is 11.9. The van der Waals surface area contributed by atoms with E-state index in [1.807, 2.05) is 19.1 Å². The molecule has 0 atom stereocenters. The van der Waals surface area contributed by atoms with Crippen molar-refractivity contribution in [1.29, 1.82) is 0 Å². The Morgan fingerprint density at radius 2 is 1.95 bits per heavy atom. The van der Waals surface area contributed by atoms with Crippen LogP contribution in [0.25, 0.3) is 5.69 Å². The van der Waals surface area contributed by atoms with Gasteiger partial charge in [-0.3, -0.25) is 0 Å². The quantitative estimate of drug-likeness (QED) is 0.849. The van der Waals surface area contributed by atoms with Crippen LogP contribution in [0.1, 0.15) is 23.0 Å². The number of esters is 1. The van der Waals surface area contributed by atoms with Crippen LogP contribution >= 0.6 is 0 Å². The van der Waals surface area contributed by atoms with Crippen molar-refractivity contribution >= 4 is 16.0 Å². The maximum Gasteiger partial charge on any atom is 0.357 e. The SMILES string of the molecule is CCOC(=O)c1cc(S(N)(=O)=O)nn1-c1ccc(C)cc1. The second-order valence-corrected chi connectivity index (χ2v) is 5.89. The number of benzene rings is 1. The number of hydrogen-bond acceptors (Lipinski definition) is 5. The van der Waals surface area contributed by atoms with Gasteiger partial charge in [-0.2, -0.15) is 5.10 Å². The molecule has 0 amide bonds. The van der Waals surface area contributed by atoms with E-state index in [9.17, 15) is 13.2 Å². The molecule has 0 aliphatic rings. The van der Waals surface area contributed by atoms with Gasteiger partial charge in [0, 0.05) is 6.07 Å². The Morgan fingerprint density at radius 3 is 2.48 bits per heavy atom. The fourth-order valence-electron chi connectivity index (χ4n) is 1.73. The second-order valence-electron chi connectivity index (χ2n) is 4.38. The van der Waals surface area contributed by atoms with Crippen molar-refractivity contribution in [2.45, 2.75) is 18.9 Å². The Morgan fingerprint density at radius 1 is 1.33 bits per heavy atom. The molecule has 0 unspecified atom stereocenters. The summed E-state index contributed by atoms with van der Waals surface area (Å²) in [5.74, 6) is -0.666. The van der Waals surface area contributed by atoms with Crippen molar-refractivity contribution in [2.24, 2.45) is 5.14 Å². The van der Waals surface area contributed by atoms with Crippen molar-refractivity contribution in [2.75, 3.05) is 6.61 Å². The van der Waals surface area contributed by atoms with Crippen LogP contribution in [-0.2, 0) is 14.8 Å². The average Bonchev–Trinajstić information content (AvgIpc) is 2.85. The molecule has 7 nitrogen and oxygen atoms in total. The largest absolute Gasteiger partial charge is 0.461 e. The summed E-state index contributed by atoms with van der Waals surface area (Å²) in [6.45, 7) is 3.74. The summed E-state index contributed by atoms with van der Waals surface area (Å²) in [5.41, 5.74) is 1.57. The lowest BCUT2D eigenvalue weighted by Crippen LogP contribution is -2.13. The summed E-state index contributed by atoms with van der Waals surface area (Å²) >= 11 is 0. The van der Waals surface area contributed by atoms with Crippen LogP contribution in [0.5, 0.6) is 0 Å². The minimum Gasteiger partial charge on any atom is -0.461 e. The minimum atomic E-state index is -4.01. The van der Waals surface area contributed by atoms with Crippen LogP contribution in [-0.4, -0.2) is 30.8 Å². The van der Waals surface area contributed by atoms with Gasteiger partial charge in [0.15, 0.2) is 10.7 Å². The lowest BCUT2D eigenvalue weighted by atomic mass is 10.2. The molecule has 2 N–H and O–H groups in total. The predicted octanol–water partition coefficient (Wildman–Crippen LogP) is 1.00. The zero-order valence-electron chi connectivity index (χ0n) is 11.6. The lowest BCUT2D eigenvalue weighted by molar-refractivity contribution is 0.0515. The number of nitrogens with two attached hydrogens (primary N) is 1. The third-order valence-electron chi connectivity index (χ3n) is 2.74. The van der Waals surface area contributed by atoms with Gasteiger partial charge in [-0.25, -0.2) is 23.0 Å². The number of ether oxygens (including phenoxy) is 1. The van der Waals surface area contributed by atoms with E-state index >= 15 is 0 Å². The van der Waals surface area contributed by atoms with Gasteiger partial charge in [-0.05, 0) is 26.0 Å². The predicted molar refractivity (Wildman–Crippen MR) is 75.6 cm³/mol. The van der Waals surface area contributed by atoms with E-state index in [1.165, 1.54) is 4.68 Å². The topological polar surface area (TPSA) is 104 Å². The third-order valence-corrected chi connectivity index (χ3v) is 3.52. The van der Waals surface area contributed by atoms with Gasteiger partial charge in [-0.1, -0.05) is 17.7 Å². The number of carbonyl (C=O) groups is 1. The fraction of sp³-hybridized carbons (Fsp3) is 0.231. The van der Waals surface area contributed by atoms with E-state index in [2.05, 4.69) is 5.10 Å². The number of aromatic nitrogens is 2. The molecule has 0 saturated heterocycles. The van der Waals surface area contributed by atoms with Crippen LogP contribution in [0.3, 0.4) is 0 Å². The number of primary sulfonamides is 1. The highest BCUT2D eigenvalue weighted by molar-refractivity contribution is 7.89. The van der Waals surface area contributed by atoms with Gasteiger partial charge in [0.1, 0.15) is 0 Å². The highest BCUT2D eigenvalue weighted by Gasteiger charge is 2.22. The third kappa shape index (κ3) is 3.29. The zero-order valence-corrected chi connectivity index (χ0v) is 12.4. The molecular formula is C13H15N3O4S. The first kappa shape index (κ1) is 15.2. The first-order chi connectivity index (χ1) is 9.82. The standard InChI is InChI=1S/C13H15N3O4S/c1-3-20-13(17)11-8-12(21(14,18)19)15-16(11)10-6-4-9(2)5-7-10/h4-8H,3H2,1-2H3,(H2,14,18,19). The van der Waals surface area contributed by atoms with Gasteiger partial charge in [0.05, 0.1) is 12.3 Å². The Hall–Kier alpha value is -2.19. The Kier molecular flexibility index (Phi) is 4.10. The highest BCUT2D eigenvalue weighted by atomic mass is 32.2. The van der Waals surface area contributed by atoms with Gasteiger partial charge in [0.25, 0.3) is 10.0 Å². The van der Waals surface area contributed by atoms with E-state index in [1.54, 1.807) is 19.1 Å². The molecule has 0 radical (unpaired) electrons. The lowest BCUT2D eigenvalue weighted by Gasteiger charge is -2.06. The molecule has 0 saturated carbocycles. The molecule has 1 aromatic heterocycles. The Bertz CT molecular complexity index is 763. The van der Waals surface area contributed by atoms with Crippen molar-refractivity contribution in [3.8, 4) is 5.69 Å². The van der Waals surface area contributed by atoms with E-state index in [0.717, 1.165) is 11.6 Å². The first-order valence-electron chi connectivity index (χ1n) is 6.20. The average molecular weight is 309 g/mol. The molecule has 21 heavy (non-hydrogen) atoms. The molecule has 0 aliphatic heterocycles. The van der Waals surface area contributed by atoms with Crippen molar-refractivity contribution in [1.82, 2.24) is 9.78 Å². The van der Waals surface area contributed by atoms with Gasteiger partial charge >= 0.3 is 5.97 Å². The molecule has 2 aromatic rings. The number of sulfonamides is 1. The molecule has 2 rings (SSSR count). The smallest absolute Gasteiger partial charge is 0.357 e. The van der Waals surface area contributed by atoms with E-state index in [0.29, 0.717) is 5.69 Å². The summed E-state index contributed by atoms with van der Waals surface area (Å²) in [7, 11) is -4.01. The molecule has 0 spiro atoms. The molecule has 1 heterocycles. The number of aryl methyl sites for hydroxylation is 1. The first-order valence-corrected chi connectivity index (χ1v) is 7.74. The number of hydrogen-bond donors (Lipinski definition) is 1. The summed E-state index contributed by atoms with van der Waals surface area (Å²) in [6.07, 6.45) is 0. The van der Waals surface area contributed by atoms with Crippen LogP contribution in [0.4, 0.5) is 0 Å². The van der Waals surface area contributed by atoms with Gasteiger partial charge in [0.2, 0.25) is 0 Å². The zero-order chi connectivity index (χ0) is 15.6. The molecule has 8 heteroatoms. The molecule has 0 fully saturated rings.